The average molecular weight is 142 g/mol. The van der Waals surface area contributed by atoms with E-state index in [0.29, 0.717) is 6.04 Å². The predicted molar refractivity (Wildman–Crippen MR) is 43.6 cm³/mol. The normalized spacial score (nSPS) is 29.4. The summed E-state index contributed by atoms with van der Waals surface area (Å²) in [7, 11) is 2.12. The molecular weight excluding hydrogens is 124 g/mol. The van der Waals surface area contributed by atoms with Gasteiger partial charge in [0.1, 0.15) is 0 Å². The summed E-state index contributed by atoms with van der Waals surface area (Å²) in [6, 6.07) is 0.707. The first-order valence-electron chi connectivity index (χ1n) is 4.17. The molecule has 2 heteroatoms. The van der Waals surface area contributed by atoms with Gasteiger partial charge in [0.2, 0.25) is 0 Å². The summed E-state index contributed by atoms with van der Waals surface area (Å²) in [6.07, 6.45) is 2.67. The standard InChI is InChI=1S/C8H18N2/c1-7(2)8-5-4-6-10(3)9-8/h7-9H,4-6H2,1-3H3. The molecule has 0 aliphatic carbocycles. The Balaban J connectivity index is 2.32. The molecule has 0 bridgehead atoms. The molecule has 1 aliphatic rings. The summed E-state index contributed by atoms with van der Waals surface area (Å²) < 4.78 is 0. The first-order valence-corrected chi connectivity index (χ1v) is 4.17. The van der Waals surface area contributed by atoms with Crippen LogP contribution in [0.25, 0.3) is 0 Å². The van der Waals surface area contributed by atoms with Gasteiger partial charge >= 0.3 is 0 Å². The zero-order valence-corrected chi connectivity index (χ0v) is 7.22. The van der Waals surface area contributed by atoms with Gasteiger partial charge in [-0.05, 0) is 18.8 Å². The Morgan fingerprint density at radius 3 is 2.60 bits per heavy atom. The van der Waals surface area contributed by atoms with Gasteiger partial charge in [0.25, 0.3) is 0 Å². The van der Waals surface area contributed by atoms with E-state index < -0.39 is 0 Å². The fourth-order valence-corrected chi connectivity index (χ4v) is 1.44. The van der Waals surface area contributed by atoms with E-state index in [9.17, 15) is 0 Å². The smallest absolute Gasteiger partial charge is 0.0238 e. The Kier molecular flexibility index (Phi) is 2.69. The maximum absolute atomic E-state index is 3.45. The third-order valence-corrected chi connectivity index (χ3v) is 2.20. The van der Waals surface area contributed by atoms with Crippen molar-refractivity contribution < 1.29 is 0 Å². The van der Waals surface area contributed by atoms with Crippen LogP contribution in [-0.2, 0) is 0 Å². The van der Waals surface area contributed by atoms with Crippen molar-refractivity contribution in [3.05, 3.63) is 0 Å². The summed E-state index contributed by atoms with van der Waals surface area (Å²) in [5.74, 6) is 0.766. The van der Waals surface area contributed by atoms with Crippen LogP contribution in [0, 0.1) is 5.92 Å². The van der Waals surface area contributed by atoms with Crippen LogP contribution in [0.4, 0.5) is 0 Å². The van der Waals surface area contributed by atoms with Crippen molar-refractivity contribution >= 4 is 0 Å². The maximum Gasteiger partial charge on any atom is 0.0238 e. The molecule has 1 rings (SSSR count). The van der Waals surface area contributed by atoms with E-state index in [1.807, 2.05) is 0 Å². The van der Waals surface area contributed by atoms with Gasteiger partial charge in [0, 0.05) is 19.6 Å². The molecule has 0 radical (unpaired) electrons. The number of nitrogens with one attached hydrogen (secondary N) is 1. The minimum absolute atomic E-state index is 0.707. The van der Waals surface area contributed by atoms with E-state index in [1.165, 1.54) is 19.4 Å². The second kappa shape index (κ2) is 3.35. The summed E-state index contributed by atoms with van der Waals surface area (Å²) in [4.78, 5) is 0. The molecule has 0 aromatic heterocycles. The number of rotatable bonds is 1. The Morgan fingerprint density at radius 2 is 2.20 bits per heavy atom. The third kappa shape index (κ3) is 1.96. The molecule has 1 heterocycles. The molecule has 1 atom stereocenters. The van der Waals surface area contributed by atoms with Crippen LogP contribution in [0.5, 0.6) is 0 Å². The van der Waals surface area contributed by atoms with Crippen molar-refractivity contribution in [2.75, 3.05) is 13.6 Å². The molecule has 60 valence electrons. The average Bonchev–Trinajstić information content (AvgIpc) is 1.88. The summed E-state index contributed by atoms with van der Waals surface area (Å²) in [5.41, 5.74) is 3.45. The van der Waals surface area contributed by atoms with Gasteiger partial charge in [-0.25, -0.2) is 5.01 Å². The minimum atomic E-state index is 0.707. The van der Waals surface area contributed by atoms with Crippen molar-refractivity contribution in [2.45, 2.75) is 32.7 Å². The first-order chi connectivity index (χ1) is 4.70. The van der Waals surface area contributed by atoms with E-state index in [0.717, 1.165) is 5.92 Å². The van der Waals surface area contributed by atoms with Crippen LogP contribution >= 0.6 is 0 Å². The Labute approximate surface area is 63.6 Å². The number of nitrogens with zero attached hydrogens (tertiary/aromatic N) is 1. The van der Waals surface area contributed by atoms with Gasteiger partial charge < -0.3 is 0 Å². The van der Waals surface area contributed by atoms with Crippen molar-refractivity contribution in [3.63, 3.8) is 0 Å². The SMILES string of the molecule is CC(C)C1CCCN(C)N1. The van der Waals surface area contributed by atoms with E-state index in [1.54, 1.807) is 0 Å². The topological polar surface area (TPSA) is 15.3 Å². The van der Waals surface area contributed by atoms with Crippen LogP contribution in [0.15, 0.2) is 0 Å². The van der Waals surface area contributed by atoms with Gasteiger partial charge in [-0.1, -0.05) is 13.8 Å². The Bertz CT molecular complexity index is 101. The van der Waals surface area contributed by atoms with Gasteiger partial charge in [0.15, 0.2) is 0 Å². The van der Waals surface area contributed by atoms with E-state index in [2.05, 4.69) is 31.3 Å². The van der Waals surface area contributed by atoms with Crippen LogP contribution in [0.3, 0.4) is 0 Å². The lowest BCUT2D eigenvalue weighted by molar-refractivity contribution is 0.122. The molecule has 10 heavy (non-hydrogen) atoms. The van der Waals surface area contributed by atoms with Crippen LogP contribution in [-0.4, -0.2) is 24.6 Å². The van der Waals surface area contributed by atoms with Crippen LogP contribution in [0.2, 0.25) is 0 Å². The number of hydrazine groups is 1. The first kappa shape index (κ1) is 8.02. The van der Waals surface area contributed by atoms with Gasteiger partial charge in [0.05, 0.1) is 0 Å². The molecule has 0 spiro atoms. The third-order valence-electron chi connectivity index (χ3n) is 2.20. The van der Waals surface area contributed by atoms with Gasteiger partial charge in [-0.2, -0.15) is 0 Å². The molecule has 1 N–H and O–H groups in total. The van der Waals surface area contributed by atoms with Crippen molar-refractivity contribution in [3.8, 4) is 0 Å². The minimum Gasteiger partial charge on any atom is -0.252 e. The fourth-order valence-electron chi connectivity index (χ4n) is 1.44. The zero-order valence-electron chi connectivity index (χ0n) is 7.22. The zero-order chi connectivity index (χ0) is 7.56. The lowest BCUT2D eigenvalue weighted by Gasteiger charge is -2.33. The summed E-state index contributed by atoms with van der Waals surface area (Å²) in [6.45, 7) is 5.75. The van der Waals surface area contributed by atoms with Crippen LogP contribution < -0.4 is 5.43 Å². The fraction of sp³-hybridized carbons (Fsp3) is 1.00. The number of hydrogen-bond acceptors (Lipinski definition) is 2. The quantitative estimate of drug-likeness (QED) is 0.592. The van der Waals surface area contributed by atoms with E-state index >= 15 is 0 Å². The van der Waals surface area contributed by atoms with Gasteiger partial charge in [-0.3, -0.25) is 5.43 Å². The summed E-state index contributed by atoms with van der Waals surface area (Å²) >= 11 is 0. The van der Waals surface area contributed by atoms with Crippen LogP contribution in [0.1, 0.15) is 26.7 Å². The summed E-state index contributed by atoms with van der Waals surface area (Å²) in [5, 5.41) is 2.20. The van der Waals surface area contributed by atoms with E-state index in [-0.39, 0.29) is 0 Å². The maximum atomic E-state index is 3.45. The molecule has 2 nitrogen and oxygen atoms in total. The van der Waals surface area contributed by atoms with Crippen molar-refractivity contribution in [1.82, 2.24) is 10.4 Å². The highest BCUT2D eigenvalue weighted by molar-refractivity contribution is 4.73. The molecule has 0 aromatic carbocycles. The molecule has 1 fully saturated rings. The molecular formula is C8H18N2. The highest BCUT2D eigenvalue weighted by Crippen LogP contribution is 2.12. The molecule has 1 unspecified atom stereocenters. The molecule has 0 saturated carbocycles. The molecule has 1 saturated heterocycles. The predicted octanol–water partition coefficient (Wildman–Crippen LogP) is 1.24. The number of hydrogen-bond donors (Lipinski definition) is 1. The Hall–Kier alpha value is -0.0800. The highest BCUT2D eigenvalue weighted by Gasteiger charge is 2.18. The molecule has 0 aromatic rings. The molecule has 0 amide bonds. The van der Waals surface area contributed by atoms with Crippen molar-refractivity contribution in [1.29, 1.82) is 0 Å². The second-order valence-corrected chi connectivity index (χ2v) is 3.54. The molecule has 1 aliphatic heterocycles. The second-order valence-electron chi connectivity index (χ2n) is 3.54. The highest BCUT2D eigenvalue weighted by atomic mass is 15.5. The van der Waals surface area contributed by atoms with E-state index in [4.69, 9.17) is 0 Å². The largest absolute Gasteiger partial charge is 0.252 e. The van der Waals surface area contributed by atoms with Crippen molar-refractivity contribution in [2.24, 2.45) is 5.92 Å². The monoisotopic (exact) mass is 142 g/mol. The van der Waals surface area contributed by atoms with Gasteiger partial charge in [-0.15, -0.1) is 0 Å². The Morgan fingerprint density at radius 1 is 1.50 bits per heavy atom. The lowest BCUT2D eigenvalue weighted by atomic mass is 9.98. The lowest BCUT2D eigenvalue weighted by Crippen LogP contribution is -2.49.